The summed E-state index contributed by atoms with van der Waals surface area (Å²) in [7, 11) is 0. The largest absolute Gasteiger partial charge is 0.573 e. The van der Waals surface area contributed by atoms with Gasteiger partial charge in [0, 0.05) is 11.8 Å². The molecular weight excluding hydrogens is 381 g/mol. The van der Waals surface area contributed by atoms with Gasteiger partial charge in [-0.25, -0.2) is 0 Å². The Bertz CT molecular complexity index is 767. The zero-order valence-corrected chi connectivity index (χ0v) is 15.5. The van der Waals surface area contributed by atoms with Gasteiger partial charge in [-0.15, -0.1) is 13.2 Å². The molecule has 9 heteroatoms. The lowest BCUT2D eigenvalue weighted by molar-refractivity contribution is -0.274. The van der Waals surface area contributed by atoms with Crippen molar-refractivity contribution in [1.29, 1.82) is 0 Å². The van der Waals surface area contributed by atoms with Gasteiger partial charge in [-0.1, -0.05) is 0 Å². The average molecular weight is 400 g/mol. The number of benzene rings is 2. The van der Waals surface area contributed by atoms with Crippen LogP contribution in [0.5, 0.6) is 17.2 Å². The monoisotopic (exact) mass is 400 g/mol. The molecule has 0 unspecified atom stereocenters. The number of halogens is 3. The van der Waals surface area contributed by atoms with Gasteiger partial charge < -0.3 is 24.8 Å². The molecular formula is C18H19F3N2O3S. The number of hydrogen-bond acceptors (Lipinski definition) is 4. The van der Waals surface area contributed by atoms with E-state index in [1.807, 2.05) is 13.8 Å². The molecule has 0 aliphatic heterocycles. The molecule has 2 N–H and O–H groups in total. The summed E-state index contributed by atoms with van der Waals surface area (Å²) in [5.41, 5.74) is 1.11. The number of hydrogen-bond donors (Lipinski definition) is 2. The van der Waals surface area contributed by atoms with Crippen LogP contribution in [0, 0.1) is 0 Å². The van der Waals surface area contributed by atoms with Crippen LogP contribution < -0.4 is 24.8 Å². The van der Waals surface area contributed by atoms with Crippen molar-refractivity contribution in [3.63, 3.8) is 0 Å². The van der Waals surface area contributed by atoms with Crippen molar-refractivity contribution in [3.05, 3.63) is 42.5 Å². The van der Waals surface area contributed by atoms with Gasteiger partial charge in [-0.3, -0.25) is 0 Å². The predicted molar refractivity (Wildman–Crippen MR) is 102 cm³/mol. The molecule has 0 aromatic heterocycles. The molecule has 2 aromatic carbocycles. The molecule has 27 heavy (non-hydrogen) atoms. The molecule has 0 bridgehead atoms. The molecule has 0 heterocycles. The van der Waals surface area contributed by atoms with Crippen molar-refractivity contribution in [2.75, 3.05) is 23.8 Å². The minimum absolute atomic E-state index is 0.245. The van der Waals surface area contributed by atoms with E-state index in [0.717, 1.165) is 0 Å². The standard InChI is InChI=1S/C18H19F3N2O3S/c1-3-24-14-9-10-16(25-4-2)15(11-14)23-17(27)22-12-5-7-13(8-6-12)26-18(19,20)21/h5-11H,3-4H2,1-2H3,(H2,22,23,27). The van der Waals surface area contributed by atoms with Crippen molar-refractivity contribution in [1.82, 2.24) is 0 Å². The fourth-order valence-corrected chi connectivity index (χ4v) is 2.40. The minimum atomic E-state index is -4.73. The van der Waals surface area contributed by atoms with Crippen LogP contribution >= 0.6 is 12.2 Å². The summed E-state index contributed by atoms with van der Waals surface area (Å²) in [5, 5.41) is 6.13. The SMILES string of the molecule is CCOc1ccc(OCC)c(NC(=S)Nc2ccc(OC(F)(F)F)cc2)c1. The topological polar surface area (TPSA) is 51.8 Å². The van der Waals surface area contributed by atoms with E-state index >= 15 is 0 Å². The van der Waals surface area contributed by atoms with E-state index in [-0.39, 0.29) is 10.9 Å². The van der Waals surface area contributed by atoms with E-state index in [9.17, 15) is 13.2 Å². The van der Waals surface area contributed by atoms with E-state index in [4.69, 9.17) is 21.7 Å². The Morgan fingerprint density at radius 2 is 1.56 bits per heavy atom. The summed E-state index contributed by atoms with van der Waals surface area (Å²) in [6.45, 7) is 4.73. The lowest BCUT2D eigenvalue weighted by Gasteiger charge is -2.16. The first-order chi connectivity index (χ1) is 12.8. The number of thiocarbonyl (C=S) groups is 1. The maximum Gasteiger partial charge on any atom is 0.573 e. The number of anilines is 2. The van der Waals surface area contributed by atoms with Crippen LogP contribution in [0.4, 0.5) is 24.5 Å². The van der Waals surface area contributed by atoms with Crippen LogP contribution in [0.3, 0.4) is 0 Å². The highest BCUT2D eigenvalue weighted by molar-refractivity contribution is 7.80. The van der Waals surface area contributed by atoms with E-state index in [2.05, 4.69) is 15.4 Å². The molecule has 5 nitrogen and oxygen atoms in total. The molecule has 0 fully saturated rings. The van der Waals surface area contributed by atoms with Crippen molar-refractivity contribution >= 4 is 28.7 Å². The van der Waals surface area contributed by atoms with Crippen LogP contribution in [0.25, 0.3) is 0 Å². The van der Waals surface area contributed by atoms with Crippen molar-refractivity contribution < 1.29 is 27.4 Å². The molecule has 146 valence electrons. The molecule has 0 atom stereocenters. The van der Waals surface area contributed by atoms with Gasteiger partial charge in [-0.05, 0) is 62.5 Å². The molecule has 0 radical (unpaired) electrons. The summed E-state index contributed by atoms with van der Waals surface area (Å²) in [5.74, 6) is 0.939. The van der Waals surface area contributed by atoms with E-state index in [0.29, 0.717) is 36.1 Å². The normalized spacial score (nSPS) is 10.9. The second-order valence-corrected chi connectivity index (χ2v) is 5.58. The summed E-state index contributed by atoms with van der Waals surface area (Å²) in [6, 6.07) is 10.5. The Morgan fingerprint density at radius 3 is 2.15 bits per heavy atom. The van der Waals surface area contributed by atoms with Gasteiger partial charge in [0.2, 0.25) is 0 Å². The van der Waals surface area contributed by atoms with E-state index in [1.165, 1.54) is 24.3 Å². The molecule has 2 rings (SSSR count). The van der Waals surface area contributed by atoms with Crippen LogP contribution in [0.1, 0.15) is 13.8 Å². The average Bonchev–Trinajstić information content (AvgIpc) is 2.58. The number of rotatable bonds is 7. The molecule has 0 amide bonds. The van der Waals surface area contributed by atoms with Crippen molar-refractivity contribution in [2.24, 2.45) is 0 Å². The minimum Gasteiger partial charge on any atom is -0.494 e. The summed E-state index contributed by atoms with van der Waals surface area (Å²) in [6.07, 6.45) is -4.73. The molecule has 0 aliphatic carbocycles. The number of ether oxygens (including phenoxy) is 3. The first-order valence-electron chi connectivity index (χ1n) is 8.14. The quantitative estimate of drug-likeness (QED) is 0.624. The van der Waals surface area contributed by atoms with E-state index < -0.39 is 6.36 Å². The lowest BCUT2D eigenvalue weighted by atomic mass is 10.2. The second kappa shape index (κ2) is 9.31. The molecule has 0 aliphatic rings. The Morgan fingerprint density at radius 1 is 0.926 bits per heavy atom. The van der Waals surface area contributed by atoms with E-state index in [1.54, 1.807) is 18.2 Å². The van der Waals surface area contributed by atoms with Crippen LogP contribution in [-0.4, -0.2) is 24.7 Å². The third-order valence-corrected chi connectivity index (χ3v) is 3.36. The van der Waals surface area contributed by atoms with Crippen LogP contribution in [0.2, 0.25) is 0 Å². The highest BCUT2D eigenvalue weighted by Gasteiger charge is 2.30. The summed E-state index contributed by atoms with van der Waals surface area (Å²) in [4.78, 5) is 0. The van der Waals surface area contributed by atoms with Gasteiger partial charge in [0.05, 0.1) is 18.9 Å². The molecule has 0 saturated carbocycles. The van der Waals surface area contributed by atoms with Gasteiger partial charge in [0.25, 0.3) is 0 Å². The van der Waals surface area contributed by atoms with Gasteiger partial charge in [0.1, 0.15) is 17.2 Å². The van der Waals surface area contributed by atoms with Crippen molar-refractivity contribution in [3.8, 4) is 17.2 Å². The number of nitrogens with one attached hydrogen (secondary N) is 2. The second-order valence-electron chi connectivity index (χ2n) is 5.18. The fourth-order valence-electron chi connectivity index (χ4n) is 2.17. The molecule has 0 spiro atoms. The maximum absolute atomic E-state index is 12.2. The van der Waals surface area contributed by atoms with Crippen LogP contribution in [0.15, 0.2) is 42.5 Å². The lowest BCUT2D eigenvalue weighted by Crippen LogP contribution is -2.20. The zero-order chi connectivity index (χ0) is 19.9. The maximum atomic E-state index is 12.2. The van der Waals surface area contributed by atoms with Gasteiger partial charge in [0.15, 0.2) is 5.11 Å². The number of alkyl halides is 3. The zero-order valence-electron chi connectivity index (χ0n) is 14.7. The fraction of sp³-hybridized carbons (Fsp3) is 0.278. The summed E-state index contributed by atoms with van der Waals surface area (Å²) >= 11 is 5.26. The highest BCUT2D eigenvalue weighted by Crippen LogP contribution is 2.30. The first-order valence-corrected chi connectivity index (χ1v) is 8.55. The van der Waals surface area contributed by atoms with Gasteiger partial charge >= 0.3 is 6.36 Å². The molecule has 2 aromatic rings. The smallest absolute Gasteiger partial charge is 0.494 e. The molecule has 0 saturated heterocycles. The van der Waals surface area contributed by atoms with Crippen molar-refractivity contribution in [2.45, 2.75) is 20.2 Å². The Kier molecular flexibility index (Phi) is 7.12. The summed E-state index contributed by atoms with van der Waals surface area (Å²) < 4.78 is 51.4. The first kappa shape index (κ1) is 20.6. The Hall–Kier alpha value is -2.68. The third kappa shape index (κ3) is 6.86. The predicted octanol–water partition coefficient (Wildman–Crippen LogP) is 5.19. The Balaban J connectivity index is 2.05. The van der Waals surface area contributed by atoms with Crippen LogP contribution in [-0.2, 0) is 0 Å². The third-order valence-electron chi connectivity index (χ3n) is 3.16. The van der Waals surface area contributed by atoms with Gasteiger partial charge in [-0.2, -0.15) is 0 Å². The Labute approximate surface area is 160 Å². The highest BCUT2D eigenvalue weighted by atomic mass is 32.1.